The van der Waals surface area contributed by atoms with Crippen molar-refractivity contribution in [3.63, 3.8) is 0 Å². The average molecular weight is 318 g/mol. The first-order chi connectivity index (χ1) is 8.19. The van der Waals surface area contributed by atoms with E-state index in [4.69, 9.17) is 11.6 Å². The van der Waals surface area contributed by atoms with E-state index in [1.807, 2.05) is 12.3 Å². The Morgan fingerprint density at radius 3 is 3.06 bits per heavy atom. The molecule has 0 aliphatic heterocycles. The molecule has 1 aromatic heterocycles. The summed E-state index contributed by atoms with van der Waals surface area (Å²) in [5, 5.41) is 4.08. The fourth-order valence-electron chi connectivity index (χ4n) is 2.53. The molecular weight excluding hydrogens is 300 g/mol. The summed E-state index contributed by atoms with van der Waals surface area (Å²) in [6.45, 7) is 2.29. The molecule has 1 aromatic rings. The molecule has 0 amide bonds. The van der Waals surface area contributed by atoms with Crippen LogP contribution in [0.5, 0.6) is 0 Å². The molecule has 1 fully saturated rings. The summed E-state index contributed by atoms with van der Waals surface area (Å²) in [5.41, 5.74) is 1.06. The van der Waals surface area contributed by atoms with Gasteiger partial charge in [-0.2, -0.15) is 0 Å². The van der Waals surface area contributed by atoms with Gasteiger partial charge in [0.25, 0.3) is 0 Å². The molecule has 2 unspecified atom stereocenters. The van der Waals surface area contributed by atoms with Gasteiger partial charge in [0.2, 0.25) is 0 Å². The number of anilines is 1. The first-order valence-electron chi connectivity index (χ1n) is 6.26. The molecule has 2 nitrogen and oxygen atoms in total. The van der Waals surface area contributed by atoms with E-state index in [-0.39, 0.29) is 0 Å². The van der Waals surface area contributed by atoms with Crippen molar-refractivity contribution in [2.45, 2.75) is 45.1 Å². The minimum Gasteiger partial charge on any atom is -0.381 e. The Morgan fingerprint density at radius 2 is 2.35 bits per heavy atom. The highest BCUT2D eigenvalue weighted by Gasteiger charge is 2.20. The Hall–Kier alpha value is -0.280. The number of aromatic nitrogens is 1. The van der Waals surface area contributed by atoms with Crippen LogP contribution < -0.4 is 5.32 Å². The molecule has 4 heteroatoms. The largest absolute Gasteiger partial charge is 0.381 e. The fourth-order valence-corrected chi connectivity index (χ4v) is 2.98. The zero-order chi connectivity index (χ0) is 12.3. The lowest BCUT2D eigenvalue weighted by atomic mass is 9.84. The molecule has 2 rings (SSSR count). The van der Waals surface area contributed by atoms with Gasteiger partial charge in [0.1, 0.15) is 5.15 Å². The molecule has 1 heterocycles. The maximum absolute atomic E-state index is 5.88. The molecule has 0 spiro atoms. The third-order valence-electron chi connectivity index (χ3n) is 3.53. The summed E-state index contributed by atoms with van der Waals surface area (Å²) in [5.74, 6) is 0.880. The van der Waals surface area contributed by atoms with Crippen LogP contribution in [0.25, 0.3) is 0 Å². The van der Waals surface area contributed by atoms with E-state index < -0.39 is 0 Å². The Balaban J connectivity index is 1.97. The second-order valence-corrected chi connectivity index (χ2v) is 5.99. The molecule has 1 saturated carbocycles. The van der Waals surface area contributed by atoms with Crippen molar-refractivity contribution < 1.29 is 0 Å². The molecule has 0 saturated heterocycles. The van der Waals surface area contributed by atoms with Gasteiger partial charge in [-0.1, -0.05) is 37.8 Å². The van der Waals surface area contributed by atoms with Crippen LogP contribution in [0.2, 0.25) is 5.15 Å². The Labute approximate surface area is 116 Å². The lowest BCUT2D eigenvalue weighted by Crippen LogP contribution is -2.27. The molecule has 0 radical (unpaired) electrons. The van der Waals surface area contributed by atoms with E-state index in [0.29, 0.717) is 11.2 Å². The number of halogens is 2. The van der Waals surface area contributed by atoms with Gasteiger partial charge in [-0.05, 0) is 40.8 Å². The first-order valence-corrected chi connectivity index (χ1v) is 7.43. The molecule has 1 aliphatic carbocycles. The van der Waals surface area contributed by atoms with Crippen molar-refractivity contribution in [3.05, 3.63) is 21.9 Å². The third kappa shape index (κ3) is 3.59. The van der Waals surface area contributed by atoms with Gasteiger partial charge in [0, 0.05) is 6.04 Å². The second-order valence-electron chi connectivity index (χ2n) is 4.78. The van der Waals surface area contributed by atoms with Crippen LogP contribution in [0.15, 0.2) is 16.7 Å². The minimum atomic E-state index is 0.519. The van der Waals surface area contributed by atoms with Crippen LogP contribution in [0.1, 0.15) is 39.0 Å². The van der Waals surface area contributed by atoms with E-state index in [2.05, 4.69) is 33.2 Å². The molecule has 0 aromatic carbocycles. The van der Waals surface area contributed by atoms with Crippen LogP contribution in [0.3, 0.4) is 0 Å². The van der Waals surface area contributed by atoms with E-state index in [0.717, 1.165) is 16.1 Å². The summed E-state index contributed by atoms with van der Waals surface area (Å²) < 4.78 is 0.854. The molecule has 94 valence electrons. The Kier molecular flexibility index (Phi) is 4.69. The molecule has 0 bridgehead atoms. The maximum atomic E-state index is 5.88. The van der Waals surface area contributed by atoms with Crippen LogP contribution in [0.4, 0.5) is 5.69 Å². The van der Waals surface area contributed by atoms with Crippen molar-refractivity contribution in [3.8, 4) is 0 Å². The number of nitrogens with zero attached hydrogens (tertiary/aromatic N) is 1. The van der Waals surface area contributed by atoms with Crippen molar-refractivity contribution >= 4 is 33.2 Å². The highest BCUT2D eigenvalue weighted by molar-refractivity contribution is 9.10. The number of rotatable bonds is 3. The second kappa shape index (κ2) is 6.05. The summed E-state index contributed by atoms with van der Waals surface area (Å²) in [6.07, 6.45) is 8.35. The predicted octanol–water partition coefficient (Wildman–Crippen LogP) is 4.88. The van der Waals surface area contributed by atoms with Gasteiger partial charge in [0.15, 0.2) is 0 Å². The number of hydrogen-bond donors (Lipinski definition) is 1. The molecule has 2 atom stereocenters. The van der Waals surface area contributed by atoms with Crippen molar-refractivity contribution in [2.24, 2.45) is 5.92 Å². The maximum Gasteiger partial charge on any atom is 0.143 e. The van der Waals surface area contributed by atoms with Gasteiger partial charge in [-0.15, -0.1) is 0 Å². The van der Waals surface area contributed by atoms with Crippen molar-refractivity contribution in [2.75, 3.05) is 5.32 Å². The van der Waals surface area contributed by atoms with Gasteiger partial charge in [-0.25, -0.2) is 4.98 Å². The highest BCUT2D eigenvalue weighted by atomic mass is 79.9. The van der Waals surface area contributed by atoms with Crippen molar-refractivity contribution in [1.29, 1.82) is 0 Å². The smallest absolute Gasteiger partial charge is 0.143 e. The van der Waals surface area contributed by atoms with Crippen LogP contribution >= 0.6 is 27.5 Å². The van der Waals surface area contributed by atoms with Gasteiger partial charge in [-0.3, -0.25) is 0 Å². The molecular formula is C13H18BrClN2. The van der Waals surface area contributed by atoms with Crippen molar-refractivity contribution in [1.82, 2.24) is 4.98 Å². The van der Waals surface area contributed by atoms with E-state index in [1.54, 1.807) is 0 Å². The van der Waals surface area contributed by atoms with Crippen LogP contribution in [-0.4, -0.2) is 11.0 Å². The fraction of sp³-hybridized carbons (Fsp3) is 0.615. The standard InChI is InChI=1S/C13H18BrClN2/c1-2-9-4-3-5-10(6-9)17-11-7-12(14)13(15)16-8-11/h7-10,17H,2-6H2,1H3. The van der Waals surface area contributed by atoms with Gasteiger partial charge >= 0.3 is 0 Å². The lowest BCUT2D eigenvalue weighted by molar-refractivity contribution is 0.327. The molecule has 17 heavy (non-hydrogen) atoms. The first kappa shape index (κ1) is 13.2. The van der Waals surface area contributed by atoms with E-state index in [1.165, 1.54) is 32.1 Å². The quantitative estimate of drug-likeness (QED) is 0.804. The summed E-state index contributed by atoms with van der Waals surface area (Å²) in [4.78, 5) is 4.14. The van der Waals surface area contributed by atoms with E-state index >= 15 is 0 Å². The number of pyridine rings is 1. The molecule has 1 aliphatic rings. The predicted molar refractivity (Wildman–Crippen MR) is 76.6 cm³/mol. The van der Waals surface area contributed by atoms with Crippen LogP contribution in [0, 0.1) is 5.92 Å². The van der Waals surface area contributed by atoms with E-state index in [9.17, 15) is 0 Å². The topological polar surface area (TPSA) is 24.9 Å². The number of nitrogens with one attached hydrogen (secondary N) is 1. The Morgan fingerprint density at radius 1 is 1.53 bits per heavy atom. The monoisotopic (exact) mass is 316 g/mol. The average Bonchev–Trinajstić information content (AvgIpc) is 2.34. The zero-order valence-corrected chi connectivity index (χ0v) is 12.4. The summed E-state index contributed by atoms with van der Waals surface area (Å²) >= 11 is 9.29. The third-order valence-corrected chi connectivity index (χ3v) is 4.66. The van der Waals surface area contributed by atoms with Gasteiger partial charge < -0.3 is 5.32 Å². The SMILES string of the molecule is CCC1CCCC(Nc2cnc(Cl)c(Br)c2)C1. The van der Waals surface area contributed by atoms with Gasteiger partial charge in [0.05, 0.1) is 16.4 Å². The number of hydrogen-bond acceptors (Lipinski definition) is 2. The minimum absolute atomic E-state index is 0.519. The Bertz CT molecular complexity index is 384. The summed E-state index contributed by atoms with van der Waals surface area (Å²) in [6, 6.07) is 2.59. The normalized spacial score (nSPS) is 24.6. The zero-order valence-electron chi connectivity index (χ0n) is 10.0. The highest BCUT2D eigenvalue weighted by Crippen LogP contribution is 2.30. The molecule has 1 N–H and O–H groups in total. The van der Waals surface area contributed by atoms with Crippen LogP contribution in [-0.2, 0) is 0 Å². The lowest BCUT2D eigenvalue weighted by Gasteiger charge is -2.29. The summed E-state index contributed by atoms with van der Waals surface area (Å²) in [7, 11) is 0.